The van der Waals surface area contributed by atoms with Gasteiger partial charge in [-0.25, -0.2) is 0 Å². The molecule has 3 nitrogen and oxygen atoms in total. The van der Waals surface area contributed by atoms with Gasteiger partial charge in [0.1, 0.15) is 0 Å². The van der Waals surface area contributed by atoms with Crippen LogP contribution in [0.1, 0.15) is 58.6 Å². The molecule has 1 saturated heterocycles. The lowest BCUT2D eigenvalue weighted by atomic mass is 9.71. The van der Waals surface area contributed by atoms with Gasteiger partial charge in [0.15, 0.2) is 0 Å². The van der Waals surface area contributed by atoms with E-state index in [2.05, 4.69) is 117 Å². The largest absolute Gasteiger partial charge is 0.351 e. The molecular weight excluding hydrogens is 544 g/mol. The predicted molar refractivity (Wildman–Crippen MR) is 164 cm³/mol. The van der Waals surface area contributed by atoms with Crippen LogP contribution in [0.4, 0.5) is 0 Å². The van der Waals surface area contributed by atoms with Gasteiger partial charge in [-0.15, -0.1) is 0 Å². The van der Waals surface area contributed by atoms with Crippen molar-refractivity contribution >= 4 is 21.8 Å². The Bertz CT molecular complexity index is 1260. The van der Waals surface area contributed by atoms with E-state index in [4.69, 9.17) is 0 Å². The lowest BCUT2D eigenvalue weighted by molar-refractivity contribution is 0.0944. The highest BCUT2D eigenvalue weighted by Crippen LogP contribution is 2.37. The van der Waals surface area contributed by atoms with Crippen molar-refractivity contribution in [2.24, 2.45) is 0 Å². The monoisotopic (exact) mass is 580 g/mol. The summed E-state index contributed by atoms with van der Waals surface area (Å²) >= 11 is 3.47. The van der Waals surface area contributed by atoms with E-state index in [1.54, 1.807) is 0 Å². The molecule has 0 bridgehead atoms. The van der Waals surface area contributed by atoms with E-state index in [0.29, 0.717) is 18.0 Å². The van der Waals surface area contributed by atoms with E-state index in [-0.39, 0.29) is 11.3 Å². The molecule has 4 aromatic rings. The van der Waals surface area contributed by atoms with Crippen molar-refractivity contribution in [3.05, 3.63) is 142 Å². The van der Waals surface area contributed by atoms with Crippen LogP contribution in [0.25, 0.3) is 0 Å². The third-order valence-corrected chi connectivity index (χ3v) is 8.77. The molecule has 0 atom stereocenters. The zero-order valence-corrected chi connectivity index (χ0v) is 24.0. The molecule has 4 heteroatoms. The summed E-state index contributed by atoms with van der Waals surface area (Å²) in [5.74, 6) is 0.630. The number of amides is 1. The Labute approximate surface area is 241 Å². The minimum atomic E-state index is -0.310. The molecule has 0 aromatic heterocycles. The normalized spacial score (nSPS) is 14.7. The first-order valence-corrected chi connectivity index (χ1v) is 14.9. The van der Waals surface area contributed by atoms with Gasteiger partial charge in [-0.2, -0.15) is 0 Å². The van der Waals surface area contributed by atoms with Crippen LogP contribution in [0.5, 0.6) is 0 Å². The number of nitrogens with one attached hydrogen (secondary N) is 1. The topological polar surface area (TPSA) is 32.3 Å². The molecule has 1 amide bonds. The van der Waals surface area contributed by atoms with Gasteiger partial charge < -0.3 is 10.2 Å². The summed E-state index contributed by atoms with van der Waals surface area (Å²) in [4.78, 5) is 15.8. The minimum Gasteiger partial charge on any atom is -0.351 e. The fraction of sp³-hybridized carbons (Fsp3) is 0.286. The molecule has 4 aromatic carbocycles. The smallest absolute Gasteiger partial charge is 0.251 e. The predicted octanol–water partition coefficient (Wildman–Crippen LogP) is 7.83. The van der Waals surface area contributed by atoms with E-state index in [9.17, 15) is 4.79 Å². The fourth-order valence-electron chi connectivity index (χ4n) is 6.02. The standard InChI is InChI=1S/C35H37BrN2O/c36-33-19-17-30(18-20-33)34(39)37-27-35(31-13-6-2-7-14-31,32-15-8-3-9-16-32)23-10-24-38-25-21-29(22-26-38)28-11-4-1-5-12-28/h1-9,11-20,29H,10,21-27H2,(H,37,39). The van der Waals surface area contributed by atoms with E-state index in [0.717, 1.165) is 36.9 Å². The van der Waals surface area contributed by atoms with Gasteiger partial charge in [-0.05, 0) is 92.2 Å². The second-order valence-corrected chi connectivity index (χ2v) is 11.5. The highest BCUT2D eigenvalue weighted by molar-refractivity contribution is 9.10. The van der Waals surface area contributed by atoms with Crippen molar-refractivity contribution < 1.29 is 4.79 Å². The van der Waals surface area contributed by atoms with Crippen LogP contribution in [0.3, 0.4) is 0 Å². The van der Waals surface area contributed by atoms with Gasteiger partial charge in [0.2, 0.25) is 0 Å². The van der Waals surface area contributed by atoms with Crippen molar-refractivity contribution in [3.8, 4) is 0 Å². The van der Waals surface area contributed by atoms with Crippen LogP contribution in [0.15, 0.2) is 120 Å². The molecule has 1 fully saturated rings. The summed E-state index contributed by atoms with van der Waals surface area (Å²) in [5.41, 5.74) is 4.33. The van der Waals surface area contributed by atoms with Crippen molar-refractivity contribution in [2.75, 3.05) is 26.2 Å². The second kappa shape index (κ2) is 13.2. The van der Waals surface area contributed by atoms with E-state index >= 15 is 0 Å². The van der Waals surface area contributed by atoms with Crippen molar-refractivity contribution in [1.29, 1.82) is 0 Å². The number of hydrogen-bond acceptors (Lipinski definition) is 2. The van der Waals surface area contributed by atoms with Crippen LogP contribution in [-0.4, -0.2) is 37.0 Å². The Kier molecular flexibility index (Phi) is 9.28. The maximum absolute atomic E-state index is 13.2. The number of carbonyl (C=O) groups excluding carboxylic acids is 1. The SMILES string of the molecule is O=C(NCC(CCCN1CCC(c2ccccc2)CC1)(c1ccccc1)c1ccccc1)c1ccc(Br)cc1. The molecule has 39 heavy (non-hydrogen) atoms. The Hall–Kier alpha value is -3.21. The molecule has 1 aliphatic rings. The highest BCUT2D eigenvalue weighted by Gasteiger charge is 2.35. The Morgan fingerprint density at radius 3 is 1.87 bits per heavy atom. The molecule has 1 N–H and O–H groups in total. The van der Waals surface area contributed by atoms with E-state index in [1.807, 2.05) is 24.3 Å². The molecule has 0 aliphatic carbocycles. The first-order valence-electron chi connectivity index (χ1n) is 14.1. The van der Waals surface area contributed by atoms with Crippen LogP contribution >= 0.6 is 15.9 Å². The molecule has 1 aliphatic heterocycles. The summed E-state index contributed by atoms with van der Waals surface area (Å²) in [6.45, 7) is 3.91. The zero-order chi connectivity index (χ0) is 26.9. The minimum absolute atomic E-state index is 0.0401. The number of benzene rings is 4. The summed E-state index contributed by atoms with van der Waals surface area (Å²) in [5, 5.41) is 3.30. The van der Waals surface area contributed by atoms with Crippen molar-refractivity contribution in [1.82, 2.24) is 10.2 Å². The maximum atomic E-state index is 13.2. The Morgan fingerprint density at radius 2 is 1.31 bits per heavy atom. The third-order valence-electron chi connectivity index (χ3n) is 8.25. The van der Waals surface area contributed by atoms with Gasteiger partial charge in [-0.3, -0.25) is 4.79 Å². The Balaban J connectivity index is 1.31. The first-order chi connectivity index (χ1) is 19.1. The first kappa shape index (κ1) is 27.4. The average Bonchev–Trinajstić information content (AvgIpc) is 3.01. The lowest BCUT2D eigenvalue weighted by Crippen LogP contribution is -2.42. The molecule has 0 spiro atoms. The second-order valence-electron chi connectivity index (χ2n) is 10.6. The van der Waals surface area contributed by atoms with E-state index in [1.165, 1.54) is 29.5 Å². The number of likely N-dealkylation sites (tertiary alicyclic amines) is 1. The lowest BCUT2D eigenvalue weighted by Gasteiger charge is -2.37. The zero-order valence-electron chi connectivity index (χ0n) is 22.4. The number of rotatable bonds is 10. The quantitative estimate of drug-likeness (QED) is 0.207. The average molecular weight is 582 g/mol. The number of carbonyl (C=O) groups is 1. The maximum Gasteiger partial charge on any atom is 0.251 e. The molecule has 0 unspecified atom stereocenters. The molecule has 0 saturated carbocycles. The number of piperidine rings is 1. The third kappa shape index (κ3) is 6.87. The van der Waals surface area contributed by atoms with Crippen LogP contribution in [0, 0.1) is 0 Å². The van der Waals surface area contributed by atoms with Gasteiger partial charge in [0, 0.05) is 22.0 Å². The van der Waals surface area contributed by atoms with Gasteiger partial charge in [-0.1, -0.05) is 107 Å². The molecule has 0 radical (unpaired) electrons. The van der Waals surface area contributed by atoms with E-state index < -0.39 is 0 Å². The molecule has 1 heterocycles. The number of halogens is 1. The van der Waals surface area contributed by atoms with Gasteiger partial charge >= 0.3 is 0 Å². The summed E-state index contributed by atoms with van der Waals surface area (Å²) < 4.78 is 0.967. The van der Waals surface area contributed by atoms with Crippen LogP contribution in [0.2, 0.25) is 0 Å². The highest BCUT2D eigenvalue weighted by atomic mass is 79.9. The van der Waals surface area contributed by atoms with Crippen LogP contribution < -0.4 is 5.32 Å². The van der Waals surface area contributed by atoms with Crippen molar-refractivity contribution in [3.63, 3.8) is 0 Å². The molecule has 5 rings (SSSR count). The number of hydrogen-bond donors (Lipinski definition) is 1. The summed E-state index contributed by atoms with van der Waals surface area (Å²) in [6.07, 6.45) is 4.46. The fourth-order valence-corrected chi connectivity index (χ4v) is 6.28. The van der Waals surface area contributed by atoms with Gasteiger partial charge in [0.05, 0.1) is 0 Å². The Morgan fingerprint density at radius 1 is 0.769 bits per heavy atom. The summed E-state index contributed by atoms with van der Waals surface area (Å²) in [6, 6.07) is 39.9. The van der Waals surface area contributed by atoms with Crippen molar-refractivity contribution in [2.45, 2.75) is 37.0 Å². The van der Waals surface area contributed by atoms with Crippen LogP contribution in [-0.2, 0) is 5.41 Å². The molecular formula is C35H37BrN2O. The molecule has 200 valence electrons. The number of nitrogens with zero attached hydrogens (tertiary/aromatic N) is 1. The van der Waals surface area contributed by atoms with Gasteiger partial charge in [0.25, 0.3) is 5.91 Å². The summed E-state index contributed by atoms with van der Waals surface area (Å²) in [7, 11) is 0.